The molecule has 0 aliphatic carbocycles. The van der Waals surface area contributed by atoms with E-state index in [1.807, 2.05) is 45.9 Å². The standard InChI is InChI=1S/C21H31N3O4/c1-14(19(25)22-20(26)23-21(2,3)4)24-10-5-7-16(24)15-8-9-17-18(13-15)28-12-6-11-27-17/h8-9,13-14,16H,5-7,10-12H2,1-4H3,(H2,22,23,25,26)/t14-,16-/m0/s1. The number of benzene rings is 1. The van der Waals surface area contributed by atoms with Crippen LogP contribution in [0.1, 0.15) is 58.6 Å². The molecule has 0 bridgehead atoms. The second-order valence-corrected chi connectivity index (χ2v) is 8.52. The number of carbonyl (C=O) groups is 2. The molecule has 2 heterocycles. The molecule has 0 radical (unpaired) electrons. The number of carbonyl (C=O) groups excluding carboxylic acids is 2. The van der Waals surface area contributed by atoms with Gasteiger partial charge in [-0.25, -0.2) is 4.79 Å². The van der Waals surface area contributed by atoms with Crippen molar-refractivity contribution in [3.05, 3.63) is 23.8 Å². The zero-order valence-corrected chi connectivity index (χ0v) is 17.2. The summed E-state index contributed by atoms with van der Waals surface area (Å²) in [5.74, 6) is 1.25. The van der Waals surface area contributed by atoms with Crippen LogP contribution < -0.4 is 20.1 Å². The third-order valence-corrected chi connectivity index (χ3v) is 5.05. The lowest BCUT2D eigenvalue weighted by atomic mass is 10.0. The fourth-order valence-electron chi connectivity index (χ4n) is 3.74. The molecule has 7 nitrogen and oxygen atoms in total. The Bertz CT molecular complexity index is 729. The summed E-state index contributed by atoms with van der Waals surface area (Å²) < 4.78 is 11.5. The minimum atomic E-state index is -0.462. The van der Waals surface area contributed by atoms with Crippen LogP contribution in [0.25, 0.3) is 0 Å². The molecule has 2 aliphatic rings. The van der Waals surface area contributed by atoms with Crippen molar-refractivity contribution in [3.63, 3.8) is 0 Å². The van der Waals surface area contributed by atoms with E-state index in [4.69, 9.17) is 9.47 Å². The highest BCUT2D eigenvalue weighted by molar-refractivity contribution is 5.97. The smallest absolute Gasteiger partial charge is 0.321 e. The lowest BCUT2D eigenvalue weighted by molar-refractivity contribution is -0.125. The van der Waals surface area contributed by atoms with Gasteiger partial charge in [0.05, 0.1) is 19.3 Å². The van der Waals surface area contributed by atoms with Gasteiger partial charge in [-0.1, -0.05) is 6.07 Å². The number of rotatable bonds is 3. The van der Waals surface area contributed by atoms with Gasteiger partial charge < -0.3 is 14.8 Å². The highest BCUT2D eigenvalue weighted by Crippen LogP contribution is 2.38. The van der Waals surface area contributed by atoms with Gasteiger partial charge in [-0.3, -0.25) is 15.0 Å². The molecule has 2 atom stereocenters. The predicted molar refractivity (Wildman–Crippen MR) is 107 cm³/mol. The molecule has 0 saturated carbocycles. The van der Waals surface area contributed by atoms with Crippen molar-refractivity contribution in [2.75, 3.05) is 19.8 Å². The van der Waals surface area contributed by atoms with Gasteiger partial charge in [0.1, 0.15) is 0 Å². The molecule has 1 aromatic carbocycles. The molecular weight excluding hydrogens is 358 g/mol. The van der Waals surface area contributed by atoms with Crippen LogP contribution in [0, 0.1) is 0 Å². The molecule has 2 aliphatic heterocycles. The Balaban J connectivity index is 1.69. The largest absolute Gasteiger partial charge is 0.490 e. The molecule has 28 heavy (non-hydrogen) atoms. The van der Waals surface area contributed by atoms with E-state index < -0.39 is 17.6 Å². The van der Waals surface area contributed by atoms with Crippen LogP contribution in [0.4, 0.5) is 4.79 Å². The average Bonchev–Trinajstić information content (AvgIpc) is 2.97. The zero-order valence-electron chi connectivity index (χ0n) is 17.2. The third kappa shape index (κ3) is 4.95. The van der Waals surface area contributed by atoms with Crippen molar-refractivity contribution in [2.45, 2.75) is 64.6 Å². The molecular formula is C21H31N3O4. The molecule has 0 aromatic heterocycles. The monoisotopic (exact) mass is 389 g/mol. The normalized spacial score (nSPS) is 20.9. The number of ether oxygens (including phenoxy) is 2. The minimum absolute atomic E-state index is 0.114. The quantitative estimate of drug-likeness (QED) is 0.831. The molecule has 3 rings (SSSR count). The fraction of sp³-hybridized carbons (Fsp3) is 0.619. The van der Waals surface area contributed by atoms with Crippen molar-refractivity contribution in [1.82, 2.24) is 15.5 Å². The number of amides is 3. The molecule has 2 N–H and O–H groups in total. The van der Waals surface area contributed by atoms with Crippen LogP contribution in [0.3, 0.4) is 0 Å². The zero-order chi connectivity index (χ0) is 20.3. The maximum absolute atomic E-state index is 12.6. The topological polar surface area (TPSA) is 79.9 Å². The molecule has 154 valence electrons. The summed E-state index contributed by atoms with van der Waals surface area (Å²) in [5, 5.41) is 5.23. The van der Waals surface area contributed by atoms with E-state index in [0.717, 1.165) is 42.9 Å². The van der Waals surface area contributed by atoms with Gasteiger partial charge in [0.15, 0.2) is 11.5 Å². The average molecular weight is 389 g/mol. The maximum Gasteiger partial charge on any atom is 0.321 e. The molecule has 1 saturated heterocycles. The van der Waals surface area contributed by atoms with E-state index in [-0.39, 0.29) is 11.9 Å². The number of likely N-dealkylation sites (tertiary alicyclic amines) is 1. The van der Waals surface area contributed by atoms with Gasteiger partial charge in [0.2, 0.25) is 5.91 Å². The first-order valence-corrected chi connectivity index (χ1v) is 10.0. The molecule has 0 spiro atoms. The molecule has 7 heteroatoms. The first-order chi connectivity index (χ1) is 13.2. The summed E-state index contributed by atoms with van der Waals surface area (Å²) in [6.45, 7) is 9.60. The van der Waals surface area contributed by atoms with Crippen LogP contribution in [-0.4, -0.2) is 48.2 Å². The molecule has 1 fully saturated rings. The number of hydrogen-bond donors (Lipinski definition) is 2. The maximum atomic E-state index is 12.6. The van der Waals surface area contributed by atoms with E-state index in [2.05, 4.69) is 15.5 Å². The number of hydrogen-bond acceptors (Lipinski definition) is 5. The Labute approximate surface area is 166 Å². The Morgan fingerprint density at radius 3 is 2.57 bits per heavy atom. The second-order valence-electron chi connectivity index (χ2n) is 8.52. The van der Waals surface area contributed by atoms with Gasteiger partial charge in [0.25, 0.3) is 0 Å². The highest BCUT2D eigenvalue weighted by Gasteiger charge is 2.34. The van der Waals surface area contributed by atoms with Crippen molar-refractivity contribution < 1.29 is 19.1 Å². The molecule has 3 amide bonds. The summed E-state index contributed by atoms with van der Waals surface area (Å²) in [4.78, 5) is 26.8. The van der Waals surface area contributed by atoms with E-state index in [1.165, 1.54) is 0 Å². The van der Waals surface area contributed by atoms with E-state index in [1.54, 1.807) is 0 Å². The Morgan fingerprint density at radius 1 is 1.14 bits per heavy atom. The van der Waals surface area contributed by atoms with Crippen LogP contribution in [0.15, 0.2) is 18.2 Å². The van der Waals surface area contributed by atoms with Crippen molar-refractivity contribution >= 4 is 11.9 Å². The minimum Gasteiger partial charge on any atom is -0.490 e. The van der Waals surface area contributed by atoms with Gasteiger partial charge in [-0.15, -0.1) is 0 Å². The SMILES string of the molecule is C[C@@H](C(=O)NC(=O)NC(C)(C)C)N1CCC[C@H]1c1ccc2c(c1)OCCCO2. The predicted octanol–water partition coefficient (Wildman–Crippen LogP) is 3.00. The van der Waals surface area contributed by atoms with E-state index in [9.17, 15) is 9.59 Å². The summed E-state index contributed by atoms with van der Waals surface area (Å²) in [7, 11) is 0. The van der Waals surface area contributed by atoms with Gasteiger partial charge >= 0.3 is 6.03 Å². The van der Waals surface area contributed by atoms with Crippen LogP contribution in [-0.2, 0) is 4.79 Å². The summed E-state index contributed by atoms with van der Waals surface area (Å²) in [6.07, 6.45) is 2.84. The van der Waals surface area contributed by atoms with Crippen molar-refractivity contribution in [2.24, 2.45) is 0 Å². The lowest BCUT2D eigenvalue weighted by Crippen LogP contribution is -2.53. The Kier molecular flexibility index (Phi) is 6.13. The van der Waals surface area contributed by atoms with Crippen LogP contribution >= 0.6 is 0 Å². The van der Waals surface area contributed by atoms with Gasteiger partial charge in [-0.05, 0) is 64.8 Å². The summed E-state index contributed by atoms with van der Waals surface area (Å²) in [5.41, 5.74) is 0.716. The third-order valence-electron chi connectivity index (χ3n) is 5.05. The van der Waals surface area contributed by atoms with Gasteiger partial charge in [0, 0.05) is 18.0 Å². The first-order valence-electron chi connectivity index (χ1n) is 10.0. The number of fused-ring (bicyclic) bond motifs is 1. The first kappa shape index (κ1) is 20.5. The van der Waals surface area contributed by atoms with Gasteiger partial charge in [-0.2, -0.15) is 0 Å². The van der Waals surface area contributed by atoms with E-state index >= 15 is 0 Å². The second kappa shape index (κ2) is 8.39. The van der Waals surface area contributed by atoms with E-state index in [0.29, 0.717) is 13.2 Å². The number of nitrogens with zero attached hydrogens (tertiary/aromatic N) is 1. The molecule has 0 unspecified atom stereocenters. The number of imide groups is 1. The highest BCUT2D eigenvalue weighted by atomic mass is 16.5. The fourth-order valence-corrected chi connectivity index (χ4v) is 3.74. The summed E-state index contributed by atoms with van der Waals surface area (Å²) in [6, 6.07) is 5.27. The summed E-state index contributed by atoms with van der Waals surface area (Å²) >= 11 is 0. The lowest BCUT2D eigenvalue weighted by Gasteiger charge is -2.30. The number of urea groups is 1. The molecule has 1 aromatic rings. The Morgan fingerprint density at radius 2 is 1.86 bits per heavy atom. The van der Waals surface area contributed by atoms with Crippen molar-refractivity contribution in [1.29, 1.82) is 0 Å². The Hall–Kier alpha value is -2.28. The number of nitrogens with one attached hydrogen (secondary N) is 2. The van der Waals surface area contributed by atoms with Crippen LogP contribution in [0.5, 0.6) is 11.5 Å². The van der Waals surface area contributed by atoms with Crippen molar-refractivity contribution in [3.8, 4) is 11.5 Å². The van der Waals surface area contributed by atoms with Crippen LogP contribution in [0.2, 0.25) is 0 Å².